The van der Waals surface area contributed by atoms with Crippen LogP contribution >= 0.6 is 0 Å². The number of nitrogens with one attached hydrogen (secondary N) is 1. The van der Waals surface area contributed by atoms with E-state index in [-0.39, 0.29) is 6.04 Å². The highest BCUT2D eigenvalue weighted by atomic mass is 16.4. The average Bonchev–Trinajstić information content (AvgIpc) is 1.98. The van der Waals surface area contributed by atoms with Crippen LogP contribution < -0.4 is 5.32 Å². The van der Waals surface area contributed by atoms with Crippen LogP contribution in [-0.2, 0) is 4.79 Å². The Kier molecular flexibility index (Phi) is 4.90. The number of carboxylic acid groups (broad SMARTS) is 1. The van der Waals surface area contributed by atoms with Crippen LogP contribution in [0.1, 0.15) is 34.1 Å². The van der Waals surface area contributed by atoms with Crippen molar-refractivity contribution in [1.29, 1.82) is 0 Å². The topological polar surface area (TPSA) is 49.3 Å². The third-order valence-electron chi connectivity index (χ3n) is 2.17. The zero-order chi connectivity index (χ0) is 9.72. The van der Waals surface area contributed by atoms with E-state index in [1.165, 1.54) is 0 Å². The molecule has 0 bridgehead atoms. The van der Waals surface area contributed by atoms with Crippen molar-refractivity contribution in [2.45, 2.75) is 46.2 Å². The van der Waals surface area contributed by atoms with Crippen LogP contribution in [0.15, 0.2) is 0 Å². The fourth-order valence-electron chi connectivity index (χ4n) is 0.874. The molecule has 0 aliphatic rings. The van der Waals surface area contributed by atoms with E-state index in [0.29, 0.717) is 12.3 Å². The molecule has 0 saturated heterocycles. The molecule has 0 saturated carbocycles. The summed E-state index contributed by atoms with van der Waals surface area (Å²) in [5, 5.41) is 11.8. The third-order valence-corrected chi connectivity index (χ3v) is 2.17. The highest BCUT2D eigenvalue weighted by Crippen LogP contribution is 2.02. The molecule has 2 unspecified atom stereocenters. The second-order valence-electron chi connectivity index (χ2n) is 3.50. The minimum atomic E-state index is -0.759. The Labute approximate surface area is 74.2 Å². The lowest BCUT2D eigenvalue weighted by Gasteiger charge is -2.21. The number of hydrogen-bond acceptors (Lipinski definition) is 2. The lowest BCUT2D eigenvalue weighted by molar-refractivity contribution is -0.139. The van der Waals surface area contributed by atoms with E-state index in [2.05, 4.69) is 19.2 Å². The van der Waals surface area contributed by atoms with Gasteiger partial charge >= 0.3 is 5.97 Å². The fraction of sp³-hybridized carbons (Fsp3) is 0.889. The maximum atomic E-state index is 10.6. The van der Waals surface area contributed by atoms with Crippen molar-refractivity contribution in [2.75, 3.05) is 0 Å². The second-order valence-corrected chi connectivity index (χ2v) is 3.50. The molecule has 0 aromatic carbocycles. The van der Waals surface area contributed by atoms with E-state index in [4.69, 9.17) is 5.11 Å². The summed E-state index contributed by atoms with van der Waals surface area (Å²) >= 11 is 0. The van der Waals surface area contributed by atoms with Crippen LogP contribution in [0, 0.1) is 5.92 Å². The molecule has 0 amide bonds. The van der Waals surface area contributed by atoms with Gasteiger partial charge < -0.3 is 10.4 Å². The smallest absolute Gasteiger partial charge is 0.320 e. The minimum Gasteiger partial charge on any atom is -0.480 e. The molecule has 2 N–H and O–H groups in total. The van der Waals surface area contributed by atoms with Gasteiger partial charge in [0.05, 0.1) is 0 Å². The molecule has 0 heterocycles. The van der Waals surface area contributed by atoms with Crippen molar-refractivity contribution in [3.05, 3.63) is 0 Å². The Balaban J connectivity index is 3.94. The molecule has 0 aliphatic heterocycles. The Morgan fingerprint density at radius 3 is 2.17 bits per heavy atom. The van der Waals surface area contributed by atoms with Crippen molar-refractivity contribution in [1.82, 2.24) is 5.32 Å². The van der Waals surface area contributed by atoms with Crippen LogP contribution in [0.2, 0.25) is 0 Å². The first-order chi connectivity index (χ1) is 5.49. The van der Waals surface area contributed by atoms with Gasteiger partial charge in [0.1, 0.15) is 6.04 Å². The van der Waals surface area contributed by atoms with E-state index < -0.39 is 12.0 Å². The summed E-state index contributed by atoms with van der Waals surface area (Å²) in [5.41, 5.74) is 0. The quantitative estimate of drug-likeness (QED) is 0.662. The van der Waals surface area contributed by atoms with Crippen LogP contribution in [0.5, 0.6) is 0 Å². The van der Waals surface area contributed by atoms with Crippen LogP contribution in [0.4, 0.5) is 0 Å². The molecule has 0 rings (SSSR count). The number of carbonyl (C=O) groups is 1. The first kappa shape index (κ1) is 11.4. The van der Waals surface area contributed by atoms with Gasteiger partial charge in [0.25, 0.3) is 0 Å². The predicted molar refractivity (Wildman–Crippen MR) is 49.2 cm³/mol. The van der Waals surface area contributed by atoms with Crippen LogP contribution in [0.25, 0.3) is 0 Å². The Hall–Kier alpha value is -0.570. The lowest BCUT2D eigenvalue weighted by Crippen LogP contribution is -2.43. The van der Waals surface area contributed by atoms with E-state index >= 15 is 0 Å². The molecular weight excluding hydrogens is 154 g/mol. The van der Waals surface area contributed by atoms with Crippen LogP contribution in [0.3, 0.4) is 0 Å². The predicted octanol–water partition coefficient (Wildman–Crippen LogP) is 1.48. The Morgan fingerprint density at radius 1 is 1.42 bits per heavy atom. The molecule has 12 heavy (non-hydrogen) atoms. The Bertz CT molecular complexity index is 145. The zero-order valence-electron chi connectivity index (χ0n) is 8.29. The van der Waals surface area contributed by atoms with Gasteiger partial charge in [-0.15, -0.1) is 0 Å². The number of rotatable bonds is 5. The van der Waals surface area contributed by atoms with Crippen molar-refractivity contribution in [3.8, 4) is 0 Å². The summed E-state index contributed by atoms with van der Waals surface area (Å²) < 4.78 is 0. The van der Waals surface area contributed by atoms with Gasteiger partial charge in [0.15, 0.2) is 0 Å². The molecule has 0 spiro atoms. The monoisotopic (exact) mass is 173 g/mol. The zero-order valence-corrected chi connectivity index (χ0v) is 8.29. The summed E-state index contributed by atoms with van der Waals surface area (Å²) in [4.78, 5) is 10.6. The summed E-state index contributed by atoms with van der Waals surface area (Å²) in [7, 11) is 0. The van der Waals surface area contributed by atoms with Crippen molar-refractivity contribution >= 4 is 5.97 Å². The van der Waals surface area contributed by atoms with Crippen LogP contribution in [-0.4, -0.2) is 23.2 Å². The largest absolute Gasteiger partial charge is 0.480 e. The van der Waals surface area contributed by atoms with Crippen molar-refractivity contribution < 1.29 is 9.90 Å². The maximum absolute atomic E-state index is 10.6. The average molecular weight is 173 g/mol. The summed E-state index contributed by atoms with van der Waals surface area (Å²) in [6.45, 7) is 8.04. The summed E-state index contributed by atoms with van der Waals surface area (Å²) in [6.07, 6.45) is 0.631. The van der Waals surface area contributed by atoms with E-state index in [9.17, 15) is 4.79 Å². The number of aliphatic carboxylic acids is 1. The summed E-state index contributed by atoms with van der Waals surface area (Å²) in [6, 6.07) is -0.145. The van der Waals surface area contributed by atoms with Gasteiger partial charge in [0.2, 0.25) is 0 Å². The number of hydrogen-bond donors (Lipinski definition) is 2. The highest BCUT2D eigenvalue weighted by molar-refractivity contribution is 5.73. The highest BCUT2D eigenvalue weighted by Gasteiger charge is 2.18. The molecule has 0 radical (unpaired) electrons. The molecule has 2 atom stereocenters. The second kappa shape index (κ2) is 5.14. The standard InChI is InChI=1S/C9H19NO2/c1-5-8(9(11)12)10-7(4)6(2)3/h6-8,10H,5H2,1-4H3,(H,11,12). The molecule has 0 fully saturated rings. The van der Waals surface area contributed by atoms with Crippen molar-refractivity contribution in [3.63, 3.8) is 0 Å². The molecule has 0 aromatic rings. The molecule has 0 aromatic heterocycles. The van der Waals surface area contributed by atoms with Gasteiger partial charge in [-0.25, -0.2) is 0 Å². The van der Waals surface area contributed by atoms with Gasteiger partial charge in [-0.3, -0.25) is 4.79 Å². The SMILES string of the molecule is CCC(NC(C)C(C)C)C(=O)O. The molecular formula is C9H19NO2. The molecule has 0 aliphatic carbocycles. The summed E-state index contributed by atoms with van der Waals surface area (Å²) in [5.74, 6) is -0.289. The maximum Gasteiger partial charge on any atom is 0.320 e. The molecule has 72 valence electrons. The lowest BCUT2D eigenvalue weighted by atomic mass is 10.0. The van der Waals surface area contributed by atoms with Gasteiger partial charge in [-0.05, 0) is 19.3 Å². The van der Waals surface area contributed by atoms with Gasteiger partial charge in [0, 0.05) is 6.04 Å². The first-order valence-corrected chi connectivity index (χ1v) is 4.47. The van der Waals surface area contributed by atoms with E-state index in [1.54, 1.807) is 0 Å². The van der Waals surface area contributed by atoms with Gasteiger partial charge in [-0.1, -0.05) is 20.8 Å². The third kappa shape index (κ3) is 3.72. The van der Waals surface area contributed by atoms with Gasteiger partial charge in [-0.2, -0.15) is 0 Å². The first-order valence-electron chi connectivity index (χ1n) is 4.47. The number of carboxylic acids is 1. The minimum absolute atomic E-state index is 0.256. The van der Waals surface area contributed by atoms with E-state index in [1.807, 2.05) is 13.8 Å². The normalized spacial score (nSPS) is 16.1. The van der Waals surface area contributed by atoms with E-state index in [0.717, 1.165) is 0 Å². The molecule has 3 nitrogen and oxygen atoms in total. The van der Waals surface area contributed by atoms with Crippen molar-refractivity contribution in [2.24, 2.45) is 5.92 Å². The molecule has 3 heteroatoms. The fourth-order valence-corrected chi connectivity index (χ4v) is 0.874. The Morgan fingerprint density at radius 2 is 1.92 bits per heavy atom.